The van der Waals surface area contributed by atoms with Crippen LogP contribution in [0.4, 0.5) is 10.2 Å². The lowest BCUT2D eigenvalue weighted by atomic mass is 10.1. The Kier molecular flexibility index (Phi) is 5.12. The normalized spacial score (nSPS) is 17.6. The standard InChI is InChI=1S/C15H23FN4O/c1-4-11(2)19-5-7-20(8-6-19)15(21)13-9-12(16)10-18-14(13)17-3/h9-11H,4-8H2,1-3H3,(H,17,18). The Bertz CT molecular complexity index is 500. The van der Waals surface area contributed by atoms with Crippen LogP contribution in [0.5, 0.6) is 0 Å². The highest BCUT2D eigenvalue weighted by molar-refractivity contribution is 5.98. The van der Waals surface area contributed by atoms with Gasteiger partial charge in [-0.3, -0.25) is 9.69 Å². The minimum absolute atomic E-state index is 0.157. The van der Waals surface area contributed by atoms with Gasteiger partial charge in [-0.05, 0) is 19.4 Å². The molecule has 0 aromatic carbocycles. The molecule has 0 bridgehead atoms. The molecule has 1 unspecified atom stereocenters. The third kappa shape index (κ3) is 3.50. The number of amides is 1. The molecule has 116 valence electrons. The monoisotopic (exact) mass is 294 g/mol. The molecule has 1 aliphatic heterocycles. The molecule has 21 heavy (non-hydrogen) atoms. The second-order valence-corrected chi connectivity index (χ2v) is 5.39. The number of carbonyl (C=O) groups is 1. The number of anilines is 1. The van der Waals surface area contributed by atoms with E-state index in [2.05, 4.69) is 29.0 Å². The zero-order valence-electron chi connectivity index (χ0n) is 12.9. The molecule has 1 N–H and O–H groups in total. The van der Waals surface area contributed by atoms with Crippen molar-refractivity contribution in [1.82, 2.24) is 14.8 Å². The molecule has 5 nitrogen and oxygen atoms in total. The molecule has 6 heteroatoms. The summed E-state index contributed by atoms with van der Waals surface area (Å²) in [6.45, 7) is 7.43. The first kappa shape index (κ1) is 15.7. The maximum absolute atomic E-state index is 13.4. The van der Waals surface area contributed by atoms with Gasteiger partial charge in [0, 0.05) is 39.3 Å². The fourth-order valence-corrected chi connectivity index (χ4v) is 2.60. The third-order valence-electron chi connectivity index (χ3n) is 4.14. The lowest BCUT2D eigenvalue weighted by Gasteiger charge is -2.38. The Morgan fingerprint density at radius 2 is 2.10 bits per heavy atom. The van der Waals surface area contributed by atoms with Crippen LogP contribution in [0.25, 0.3) is 0 Å². The Morgan fingerprint density at radius 3 is 2.67 bits per heavy atom. The van der Waals surface area contributed by atoms with Gasteiger partial charge in [-0.15, -0.1) is 0 Å². The third-order valence-corrected chi connectivity index (χ3v) is 4.14. The lowest BCUT2D eigenvalue weighted by Crippen LogP contribution is -2.51. The molecule has 1 saturated heterocycles. The number of piperazine rings is 1. The molecular formula is C15H23FN4O. The number of carbonyl (C=O) groups excluding carboxylic acids is 1. The number of rotatable bonds is 4. The molecule has 1 fully saturated rings. The Labute approximate surface area is 125 Å². The van der Waals surface area contributed by atoms with E-state index in [9.17, 15) is 9.18 Å². The van der Waals surface area contributed by atoms with Gasteiger partial charge < -0.3 is 10.2 Å². The molecule has 2 heterocycles. The quantitative estimate of drug-likeness (QED) is 0.920. The topological polar surface area (TPSA) is 48.5 Å². The minimum Gasteiger partial charge on any atom is -0.372 e. The number of pyridine rings is 1. The van der Waals surface area contributed by atoms with E-state index in [1.807, 2.05) is 0 Å². The zero-order chi connectivity index (χ0) is 15.4. The van der Waals surface area contributed by atoms with Crippen LogP contribution in [0.3, 0.4) is 0 Å². The van der Waals surface area contributed by atoms with Crippen molar-refractivity contribution in [3.63, 3.8) is 0 Å². The van der Waals surface area contributed by atoms with Crippen molar-refractivity contribution in [1.29, 1.82) is 0 Å². The maximum Gasteiger partial charge on any atom is 0.257 e. The molecule has 0 radical (unpaired) electrons. The van der Waals surface area contributed by atoms with E-state index in [1.165, 1.54) is 6.07 Å². The van der Waals surface area contributed by atoms with Crippen LogP contribution in [0.1, 0.15) is 30.6 Å². The lowest BCUT2D eigenvalue weighted by molar-refractivity contribution is 0.0580. The molecule has 1 aromatic rings. The fraction of sp³-hybridized carbons (Fsp3) is 0.600. The molecule has 1 aliphatic rings. The van der Waals surface area contributed by atoms with Crippen molar-refractivity contribution in [2.45, 2.75) is 26.3 Å². The van der Waals surface area contributed by atoms with Gasteiger partial charge in [0.1, 0.15) is 11.6 Å². The number of hydrogen-bond acceptors (Lipinski definition) is 4. The van der Waals surface area contributed by atoms with Gasteiger partial charge in [-0.1, -0.05) is 6.92 Å². The summed E-state index contributed by atoms with van der Waals surface area (Å²) in [5, 5.41) is 2.84. The second kappa shape index (κ2) is 6.85. The van der Waals surface area contributed by atoms with Gasteiger partial charge in [0.25, 0.3) is 5.91 Å². The van der Waals surface area contributed by atoms with Crippen LogP contribution in [-0.4, -0.2) is 60.0 Å². The van der Waals surface area contributed by atoms with Gasteiger partial charge in [0.05, 0.1) is 11.8 Å². The average Bonchev–Trinajstić information content (AvgIpc) is 2.53. The summed E-state index contributed by atoms with van der Waals surface area (Å²) in [6, 6.07) is 1.79. The Morgan fingerprint density at radius 1 is 1.43 bits per heavy atom. The number of nitrogens with one attached hydrogen (secondary N) is 1. The minimum atomic E-state index is -0.490. The molecule has 0 aliphatic carbocycles. The van der Waals surface area contributed by atoms with E-state index in [4.69, 9.17) is 0 Å². The molecule has 0 spiro atoms. The summed E-state index contributed by atoms with van der Waals surface area (Å²) >= 11 is 0. The van der Waals surface area contributed by atoms with E-state index in [0.29, 0.717) is 30.5 Å². The predicted octanol–water partition coefficient (Wildman–Crippen LogP) is 1.82. The summed E-state index contributed by atoms with van der Waals surface area (Å²) in [6.07, 6.45) is 2.22. The zero-order valence-corrected chi connectivity index (χ0v) is 12.9. The van der Waals surface area contributed by atoms with E-state index >= 15 is 0 Å². The number of nitrogens with zero attached hydrogens (tertiary/aromatic N) is 3. The van der Waals surface area contributed by atoms with Crippen LogP contribution in [-0.2, 0) is 0 Å². The predicted molar refractivity (Wildman–Crippen MR) is 81.0 cm³/mol. The number of halogens is 1. The summed E-state index contributed by atoms with van der Waals surface area (Å²) in [7, 11) is 1.68. The van der Waals surface area contributed by atoms with Crippen LogP contribution < -0.4 is 5.32 Å². The van der Waals surface area contributed by atoms with Crippen molar-refractivity contribution in [2.75, 3.05) is 38.5 Å². The highest BCUT2D eigenvalue weighted by Crippen LogP contribution is 2.17. The van der Waals surface area contributed by atoms with Gasteiger partial charge in [0.15, 0.2) is 0 Å². The first-order valence-corrected chi connectivity index (χ1v) is 7.43. The smallest absolute Gasteiger partial charge is 0.257 e. The van der Waals surface area contributed by atoms with E-state index in [0.717, 1.165) is 25.7 Å². The summed E-state index contributed by atoms with van der Waals surface area (Å²) < 4.78 is 13.4. The van der Waals surface area contributed by atoms with Gasteiger partial charge in [-0.2, -0.15) is 0 Å². The van der Waals surface area contributed by atoms with E-state index in [1.54, 1.807) is 11.9 Å². The molecule has 1 atom stereocenters. The van der Waals surface area contributed by atoms with Crippen molar-refractivity contribution >= 4 is 11.7 Å². The van der Waals surface area contributed by atoms with Crippen molar-refractivity contribution in [3.8, 4) is 0 Å². The van der Waals surface area contributed by atoms with Crippen LogP contribution in [0.15, 0.2) is 12.3 Å². The summed E-state index contributed by atoms with van der Waals surface area (Å²) in [5.41, 5.74) is 0.300. The summed E-state index contributed by atoms with van der Waals surface area (Å²) in [4.78, 5) is 20.6. The van der Waals surface area contributed by atoms with Crippen LogP contribution in [0, 0.1) is 5.82 Å². The van der Waals surface area contributed by atoms with Crippen molar-refractivity contribution in [3.05, 3.63) is 23.6 Å². The Balaban J connectivity index is 2.07. The first-order chi connectivity index (χ1) is 10.1. The molecule has 1 aromatic heterocycles. The van der Waals surface area contributed by atoms with E-state index < -0.39 is 5.82 Å². The first-order valence-electron chi connectivity index (χ1n) is 7.43. The largest absolute Gasteiger partial charge is 0.372 e. The molecule has 0 saturated carbocycles. The Hall–Kier alpha value is -1.69. The number of aromatic nitrogens is 1. The van der Waals surface area contributed by atoms with Gasteiger partial charge >= 0.3 is 0 Å². The highest BCUT2D eigenvalue weighted by Gasteiger charge is 2.26. The molecule has 1 amide bonds. The number of hydrogen-bond donors (Lipinski definition) is 1. The van der Waals surface area contributed by atoms with Gasteiger partial charge in [-0.25, -0.2) is 9.37 Å². The molecular weight excluding hydrogens is 271 g/mol. The molecule has 2 rings (SSSR count). The highest BCUT2D eigenvalue weighted by atomic mass is 19.1. The maximum atomic E-state index is 13.4. The van der Waals surface area contributed by atoms with E-state index in [-0.39, 0.29) is 5.91 Å². The van der Waals surface area contributed by atoms with Gasteiger partial charge in [0.2, 0.25) is 0 Å². The summed E-state index contributed by atoms with van der Waals surface area (Å²) in [5.74, 6) is -0.225. The van der Waals surface area contributed by atoms with Crippen LogP contribution in [0.2, 0.25) is 0 Å². The second-order valence-electron chi connectivity index (χ2n) is 5.39. The fourth-order valence-electron chi connectivity index (χ4n) is 2.60. The average molecular weight is 294 g/mol. The van der Waals surface area contributed by atoms with Crippen LogP contribution >= 0.6 is 0 Å². The van der Waals surface area contributed by atoms with Crippen molar-refractivity contribution in [2.24, 2.45) is 0 Å². The SMILES string of the molecule is CCC(C)N1CCN(C(=O)c2cc(F)cnc2NC)CC1. The van der Waals surface area contributed by atoms with Crippen molar-refractivity contribution < 1.29 is 9.18 Å².